The van der Waals surface area contributed by atoms with Crippen LogP contribution < -0.4 is 25.6 Å². The number of rotatable bonds is 5. The Morgan fingerprint density at radius 1 is 0.857 bits per heavy atom. The highest BCUT2D eigenvalue weighted by Crippen LogP contribution is 2.26. The van der Waals surface area contributed by atoms with E-state index in [1.807, 2.05) is 55.5 Å². The van der Waals surface area contributed by atoms with E-state index in [1.54, 1.807) is 30.2 Å². The van der Waals surface area contributed by atoms with Crippen LogP contribution in [0.5, 0.6) is 5.75 Å². The number of anilines is 4. The molecule has 1 aliphatic rings. The zero-order valence-electron chi connectivity index (χ0n) is 19.7. The summed E-state index contributed by atoms with van der Waals surface area (Å²) in [5, 5.41) is 9.09. The fraction of sp³-hybridized carbons (Fsp3) is 0.231. The minimum atomic E-state index is -0.351. The van der Waals surface area contributed by atoms with E-state index in [2.05, 4.69) is 20.9 Å². The summed E-state index contributed by atoms with van der Waals surface area (Å²) >= 11 is 6.24. The minimum Gasteiger partial charge on any atom is -0.495 e. The zero-order chi connectivity index (χ0) is 24.8. The summed E-state index contributed by atoms with van der Waals surface area (Å²) in [6, 6.07) is 19.9. The summed E-state index contributed by atoms with van der Waals surface area (Å²) in [4.78, 5) is 29.1. The van der Waals surface area contributed by atoms with Gasteiger partial charge in [0.1, 0.15) is 5.75 Å². The lowest BCUT2D eigenvalue weighted by Crippen LogP contribution is -2.50. The number of para-hydroxylation sites is 3. The van der Waals surface area contributed by atoms with E-state index in [4.69, 9.17) is 16.3 Å². The molecule has 3 N–H and O–H groups in total. The smallest absolute Gasteiger partial charge is 0.323 e. The predicted molar refractivity (Wildman–Crippen MR) is 141 cm³/mol. The normalized spacial score (nSPS) is 13.2. The van der Waals surface area contributed by atoms with Crippen LogP contribution in [0.4, 0.5) is 32.3 Å². The number of amides is 4. The lowest BCUT2D eigenvalue weighted by atomic mass is 10.2. The maximum atomic E-state index is 12.7. The maximum Gasteiger partial charge on any atom is 0.323 e. The number of ether oxygens (including phenoxy) is 1. The summed E-state index contributed by atoms with van der Waals surface area (Å²) in [7, 11) is 1.56. The molecule has 3 aromatic carbocycles. The van der Waals surface area contributed by atoms with Crippen molar-refractivity contribution in [2.24, 2.45) is 0 Å². The van der Waals surface area contributed by atoms with Gasteiger partial charge in [-0.05, 0) is 55.0 Å². The molecule has 0 atom stereocenters. The number of hydrogen-bond donors (Lipinski definition) is 3. The largest absolute Gasteiger partial charge is 0.495 e. The van der Waals surface area contributed by atoms with Crippen LogP contribution in [0.2, 0.25) is 5.02 Å². The van der Waals surface area contributed by atoms with Crippen LogP contribution in [-0.4, -0.2) is 50.3 Å². The first-order chi connectivity index (χ1) is 16.9. The molecule has 0 radical (unpaired) electrons. The highest BCUT2D eigenvalue weighted by molar-refractivity contribution is 6.33. The van der Waals surface area contributed by atoms with E-state index < -0.39 is 0 Å². The van der Waals surface area contributed by atoms with Gasteiger partial charge in [0.15, 0.2) is 0 Å². The lowest BCUT2D eigenvalue weighted by Gasteiger charge is -2.36. The van der Waals surface area contributed by atoms with Gasteiger partial charge in [0.25, 0.3) is 0 Å². The Morgan fingerprint density at radius 3 is 2.26 bits per heavy atom. The topological polar surface area (TPSA) is 85.9 Å². The molecule has 0 bridgehead atoms. The fourth-order valence-electron chi connectivity index (χ4n) is 3.93. The molecule has 0 saturated carbocycles. The van der Waals surface area contributed by atoms with Crippen LogP contribution >= 0.6 is 11.6 Å². The molecular formula is C26H28ClN5O3. The summed E-state index contributed by atoms with van der Waals surface area (Å²) in [5.74, 6) is 0.591. The van der Waals surface area contributed by atoms with E-state index in [0.717, 1.165) is 11.3 Å². The number of carbonyl (C=O) groups excluding carboxylic acids is 2. The second kappa shape index (κ2) is 11.0. The van der Waals surface area contributed by atoms with E-state index in [9.17, 15) is 9.59 Å². The van der Waals surface area contributed by atoms with E-state index in [1.165, 1.54) is 0 Å². The van der Waals surface area contributed by atoms with Crippen molar-refractivity contribution in [2.45, 2.75) is 6.92 Å². The molecule has 0 aromatic heterocycles. The van der Waals surface area contributed by atoms with Crippen LogP contribution in [0.1, 0.15) is 5.56 Å². The number of aryl methyl sites for hydroxylation is 1. The lowest BCUT2D eigenvalue weighted by molar-refractivity contribution is 0.208. The average molecular weight is 494 g/mol. The summed E-state index contributed by atoms with van der Waals surface area (Å²) in [5.41, 5.74) is 3.88. The molecule has 0 aliphatic carbocycles. The van der Waals surface area contributed by atoms with E-state index in [-0.39, 0.29) is 12.1 Å². The Balaban J connectivity index is 1.29. The molecule has 9 heteroatoms. The number of methoxy groups -OCH3 is 1. The Morgan fingerprint density at radius 2 is 1.57 bits per heavy atom. The van der Waals surface area contributed by atoms with Crippen molar-refractivity contribution in [3.63, 3.8) is 0 Å². The first-order valence-electron chi connectivity index (χ1n) is 11.3. The number of halogens is 1. The van der Waals surface area contributed by atoms with E-state index >= 15 is 0 Å². The monoisotopic (exact) mass is 493 g/mol. The third-order valence-corrected chi connectivity index (χ3v) is 6.18. The number of benzene rings is 3. The Hall–Kier alpha value is -3.91. The number of urea groups is 2. The summed E-state index contributed by atoms with van der Waals surface area (Å²) < 4.78 is 5.26. The van der Waals surface area contributed by atoms with Gasteiger partial charge in [0, 0.05) is 37.6 Å². The van der Waals surface area contributed by atoms with Crippen molar-refractivity contribution in [3.8, 4) is 5.75 Å². The van der Waals surface area contributed by atoms with Gasteiger partial charge in [-0.3, -0.25) is 0 Å². The molecule has 1 fully saturated rings. The second-order valence-electron chi connectivity index (χ2n) is 8.16. The Bertz CT molecular complexity index is 1170. The third-order valence-electron chi connectivity index (χ3n) is 5.87. The molecule has 0 unspecified atom stereocenters. The fourth-order valence-corrected chi connectivity index (χ4v) is 4.20. The van der Waals surface area contributed by atoms with Crippen LogP contribution in [0.15, 0.2) is 66.7 Å². The first kappa shape index (κ1) is 24.2. The third kappa shape index (κ3) is 5.96. The number of nitrogens with one attached hydrogen (secondary N) is 3. The second-order valence-corrected chi connectivity index (χ2v) is 8.57. The molecule has 3 aromatic rings. The molecule has 1 saturated heterocycles. The quantitative estimate of drug-likeness (QED) is 0.428. The molecule has 1 aliphatic heterocycles. The van der Waals surface area contributed by atoms with Crippen molar-refractivity contribution in [2.75, 3.05) is 54.1 Å². The molecule has 35 heavy (non-hydrogen) atoms. The maximum absolute atomic E-state index is 12.7. The first-order valence-corrected chi connectivity index (χ1v) is 11.7. The molecule has 8 nitrogen and oxygen atoms in total. The zero-order valence-corrected chi connectivity index (χ0v) is 20.4. The predicted octanol–water partition coefficient (Wildman–Crippen LogP) is 5.66. The SMILES string of the molecule is COc1ccccc1NC(=O)Nc1ccc(N2CCN(C(=O)Nc3c(C)cccc3Cl)CC2)cc1. The summed E-state index contributed by atoms with van der Waals surface area (Å²) in [6.07, 6.45) is 0. The van der Waals surface area contributed by atoms with Gasteiger partial charge in [-0.2, -0.15) is 0 Å². The van der Waals surface area contributed by atoms with Crippen molar-refractivity contribution >= 4 is 46.4 Å². The molecule has 1 heterocycles. The standard InChI is InChI=1S/C26H28ClN5O3/c1-18-6-5-7-21(27)24(18)30-26(34)32-16-14-31(15-17-32)20-12-10-19(11-13-20)28-25(33)29-22-8-3-4-9-23(22)35-2/h3-13H,14-17H2,1-2H3,(H,30,34)(H2,28,29,33). The van der Waals surface area contributed by atoms with Gasteiger partial charge < -0.3 is 30.5 Å². The van der Waals surface area contributed by atoms with Crippen molar-refractivity contribution in [1.82, 2.24) is 4.90 Å². The summed E-state index contributed by atoms with van der Waals surface area (Å²) in [6.45, 7) is 4.51. The number of hydrogen-bond acceptors (Lipinski definition) is 4. The van der Waals surface area contributed by atoms with Crippen molar-refractivity contribution in [3.05, 3.63) is 77.3 Å². The van der Waals surface area contributed by atoms with Gasteiger partial charge in [-0.15, -0.1) is 0 Å². The average Bonchev–Trinajstić information content (AvgIpc) is 2.87. The molecule has 182 valence electrons. The van der Waals surface area contributed by atoms with Crippen LogP contribution in [0.3, 0.4) is 0 Å². The van der Waals surface area contributed by atoms with E-state index in [0.29, 0.717) is 54.0 Å². The van der Waals surface area contributed by atoms with Gasteiger partial charge in [0.05, 0.1) is 23.5 Å². The van der Waals surface area contributed by atoms with Crippen molar-refractivity contribution < 1.29 is 14.3 Å². The Kier molecular flexibility index (Phi) is 7.62. The minimum absolute atomic E-state index is 0.151. The molecule has 4 amide bonds. The van der Waals surface area contributed by atoms with Gasteiger partial charge in [0.2, 0.25) is 0 Å². The number of carbonyl (C=O) groups is 2. The molecular weight excluding hydrogens is 466 g/mol. The van der Waals surface area contributed by atoms with Crippen LogP contribution in [0.25, 0.3) is 0 Å². The van der Waals surface area contributed by atoms with Gasteiger partial charge in [-0.25, -0.2) is 9.59 Å². The van der Waals surface area contributed by atoms with Gasteiger partial charge >= 0.3 is 12.1 Å². The molecule has 0 spiro atoms. The van der Waals surface area contributed by atoms with Crippen molar-refractivity contribution in [1.29, 1.82) is 0 Å². The number of nitrogens with zero attached hydrogens (tertiary/aromatic N) is 2. The number of piperazine rings is 1. The highest BCUT2D eigenvalue weighted by Gasteiger charge is 2.22. The van der Waals surface area contributed by atoms with Crippen LogP contribution in [0, 0.1) is 6.92 Å². The van der Waals surface area contributed by atoms with Gasteiger partial charge in [-0.1, -0.05) is 35.9 Å². The highest BCUT2D eigenvalue weighted by atomic mass is 35.5. The Labute approximate surface area is 209 Å². The molecule has 4 rings (SSSR count). The van der Waals surface area contributed by atoms with Crippen LogP contribution in [-0.2, 0) is 0 Å².